The number of fused-ring (bicyclic) bond motifs is 5. The molecule has 0 fully saturated rings. The number of phenols is 1. The lowest BCUT2D eigenvalue weighted by Crippen LogP contribution is -2.51. The number of nitrogens with one attached hydrogen (secondary N) is 1. The molecule has 2 aliphatic rings. The van der Waals surface area contributed by atoms with Gasteiger partial charge in [0.2, 0.25) is 5.91 Å². The smallest absolute Gasteiger partial charge is 0.260 e. The first-order chi connectivity index (χ1) is 15.5. The Hall–Kier alpha value is -4.13. The average molecular weight is 427 g/mol. The molecule has 0 aromatic heterocycles. The molecule has 0 radical (unpaired) electrons. The van der Waals surface area contributed by atoms with E-state index in [0.717, 1.165) is 11.1 Å². The number of anilines is 1. The van der Waals surface area contributed by atoms with Crippen LogP contribution in [0.5, 0.6) is 5.75 Å². The fraction of sp³-hybridized carbons (Fsp3) is 0.160. The second-order valence-electron chi connectivity index (χ2n) is 7.85. The molecule has 0 bridgehead atoms. The van der Waals surface area contributed by atoms with Crippen LogP contribution < -0.4 is 10.2 Å². The fourth-order valence-electron chi connectivity index (χ4n) is 4.35. The number of hydrogen-bond acceptors (Lipinski definition) is 4. The van der Waals surface area contributed by atoms with E-state index in [1.807, 2.05) is 12.1 Å². The van der Waals surface area contributed by atoms with Crippen LogP contribution >= 0.6 is 0 Å². The highest BCUT2D eigenvalue weighted by Gasteiger charge is 2.47. The van der Waals surface area contributed by atoms with Crippen LogP contribution in [-0.2, 0) is 11.2 Å². The average Bonchev–Trinajstić information content (AvgIpc) is 3.11. The van der Waals surface area contributed by atoms with Gasteiger partial charge in [-0.15, -0.1) is 0 Å². The summed E-state index contributed by atoms with van der Waals surface area (Å²) in [5, 5.41) is 12.2. The van der Waals surface area contributed by atoms with E-state index in [1.165, 1.54) is 4.90 Å². The first-order valence-corrected chi connectivity index (χ1v) is 10.4. The van der Waals surface area contributed by atoms with Crippen molar-refractivity contribution in [1.82, 2.24) is 10.2 Å². The van der Waals surface area contributed by atoms with E-state index in [2.05, 4.69) is 5.32 Å². The Morgan fingerprint density at radius 3 is 2.34 bits per heavy atom. The van der Waals surface area contributed by atoms with Gasteiger partial charge in [0.1, 0.15) is 18.5 Å². The Kier molecular flexibility index (Phi) is 4.86. The number of rotatable bonds is 5. The molecule has 3 aromatic carbocycles. The molecule has 160 valence electrons. The number of hydrogen-bond donors (Lipinski definition) is 2. The lowest BCUT2D eigenvalue weighted by atomic mass is 10.0. The molecule has 2 heterocycles. The summed E-state index contributed by atoms with van der Waals surface area (Å²) in [5.74, 6) is -0.561. The predicted molar refractivity (Wildman–Crippen MR) is 118 cm³/mol. The molecule has 1 atom stereocenters. The van der Waals surface area contributed by atoms with Gasteiger partial charge in [-0.25, -0.2) is 0 Å². The lowest BCUT2D eigenvalue weighted by molar-refractivity contribution is -0.122. The Labute approximate surface area is 184 Å². The summed E-state index contributed by atoms with van der Waals surface area (Å²) in [6.07, 6.45) is -0.0522. The van der Waals surface area contributed by atoms with Crippen molar-refractivity contribution < 1.29 is 19.5 Å². The third-order valence-corrected chi connectivity index (χ3v) is 5.87. The Balaban J connectivity index is 1.38. The maximum Gasteiger partial charge on any atom is 0.260 e. The normalized spacial score (nSPS) is 16.4. The van der Waals surface area contributed by atoms with Crippen molar-refractivity contribution in [2.45, 2.75) is 12.6 Å². The van der Waals surface area contributed by atoms with Crippen molar-refractivity contribution in [3.8, 4) is 5.75 Å². The van der Waals surface area contributed by atoms with Crippen LogP contribution in [0.2, 0.25) is 0 Å². The van der Waals surface area contributed by atoms with Gasteiger partial charge in [0.25, 0.3) is 11.8 Å². The van der Waals surface area contributed by atoms with Gasteiger partial charge >= 0.3 is 0 Å². The van der Waals surface area contributed by atoms with Crippen molar-refractivity contribution in [2.75, 3.05) is 18.0 Å². The molecule has 32 heavy (non-hydrogen) atoms. The third kappa shape index (κ3) is 3.28. The van der Waals surface area contributed by atoms with Crippen LogP contribution in [0.25, 0.3) is 0 Å². The molecule has 7 nitrogen and oxygen atoms in total. The van der Waals surface area contributed by atoms with Crippen molar-refractivity contribution in [2.24, 2.45) is 0 Å². The fourth-order valence-corrected chi connectivity index (χ4v) is 4.35. The molecular formula is C25H21N3O4. The standard InChI is InChI=1S/C25H21N3O4/c29-17-11-9-16(10-12-17)13-14-26-22(30)15-27-23-18-5-1-2-6-19(18)25(32)28(23)21-8-4-3-7-20(21)24(27)31/h1-12,23,29H,13-15H2,(H,26,30)/t23-/m1/s1. The molecule has 3 aromatic rings. The Morgan fingerprint density at radius 1 is 0.875 bits per heavy atom. The summed E-state index contributed by atoms with van der Waals surface area (Å²) in [5.41, 5.74) is 3.21. The molecule has 2 aliphatic heterocycles. The second-order valence-corrected chi connectivity index (χ2v) is 7.85. The molecule has 3 amide bonds. The molecule has 7 heteroatoms. The van der Waals surface area contributed by atoms with Crippen molar-refractivity contribution >= 4 is 23.4 Å². The van der Waals surface area contributed by atoms with E-state index >= 15 is 0 Å². The molecule has 2 N–H and O–H groups in total. The lowest BCUT2D eigenvalue weighted by Gasteiger charge is -2.40. The summed E-state index contributed by atoms with van der Waals surface area (Å²) in [4.78, 5) is 42.3. The molecule has 0 unspecified atom stereocenters. The van der Waals surface area contributed by atoms with E-state index < -0.39 is 6.17 Å². The van der Waals surface area contributed by atoms with Gasteiger partial charge in [0, 0.05) is 17.7 Å². The number of phenolic OH excluding ortho intramolecular Hbond substituents is 1. The Morgan fingerprint density at radius 2 is 1.56 bits per heavy atom. The molecular weight excluding hydrogens is 406 g/mol. The van der Waals surface area contributed by atoms with E-state index in [-0.39, 0.29) is 30.0 Å². The highest BCUT2D eigenvalue weighted by atomic mass is 16.3. The molecule has 5 rings (SSSR count). The summed E-state index contributed by atoms with van der Waals surface area (Å²) < 4.78 is 0. The zero-order chi connectivity index (χ0) is 22.2. The van der Waals surface area contributed by atoms with Crippen LogP contribution in [-0.4, -0.2) is 40.8 Å². The van der Waals surface area contributed by atoms with Crippen LogP contribution in [0.1, 0.15) is 38.0 Å². The minimum Gasteiger partial charge on any atom is -0.508 e. The molecule has 0 spiro atoms. The predicted octanol–water partition coefficient (Wildman–Crippen LogP) is 2.87. The van der Waals surface area contributed by atoms with Gasteiger partial charge in [-0.3, -0.25) is 19.3 Å². The maximum absolute atomic E-state index is 13.3. The number of nitrogens with zero attached hydrogens (tertiary/aromatic N) is 2. The Bertz CT molecular complexity index is 1220. The number of carbonyl (C=O) groups excluding carboxylic acids is 3. The quantitative estimate of drug-likeness (QED) is 0.655. The van der Waals surface area contributed by atoms with Crippen molar-refractivity contribution in [1.29, 1.82) is 0 Å². The number of para-hydroxylation sites is 1. The van der Waals surface area contributed by atoms with E-state index in [4.69, 9.17) is 0 Å². The van der Waals surface area contributed by atoms with Gasteiger partial charge in [0.15, 0.2) is 0 Å². The summed E-state index contributed by atoms with van der Waals surface area (Å²) in [6.45, 7) is 0.234. The number of benzene rings is 3. The van der Waals surface area contributed by atoms with Crippen LogP contribution in [0.3, 0.4) is 0 Å². The highest BCUT2D eigenvalue weighted by Crippen LogP contribution is 2.44. The summed E-state index contributed by atoms with van der Waals surface area (Å²) in [6, 6.07) is 21.0. The number of amides is 3. The third-order valence-electron chi connectivity index (χ3n) is 5.87. The van der Waals surface area contributed by atoms with Crippen molar-refractivity contribution in [3.63, 3.8) is 0 Å². The zero-order valence-electron chi connectivity index (χ0n) is 17.2. The van der Waals surface area contributed by atoms with Crippen LogP contribution in [0.4, 0.5) is 5.69 Å². The second kappa shape index (κ2) is 7.85. The largest absolute Gasteiger partial charge is 0.508 e. The van der Waals surface area contributed by atoms with Crippen LogP contribution in [0, 0.1) is 0 Å². The molecule has 0 aliphatic carbocycles. The van der Waals surface area contributed by atoms with Gasteiger partial charge in [-0.1, -0.05) is 42.5 Å². The number of carbonyl (C=O) groups is 3. The highest BCUT2D eigenvalue weighted by molar-refractivity contribution is 6.17. The van der Waals surface area contributed by atoms with Crippen molar-refractivity contribution in [3.05, 3.63) is 95.1 Å². The minimum atomic E-state index is -0.649. The van der Waals surface area contributed by atoms with E-state index in [9.17, 15) is 19.5 Å². The SMILES string of the molecule is O=C(CN1C(=O)c2ccccc2N2C(=O)c3ccccc3[C@H]12)NCCc1ccc(O)cc1. The van der Waals surface area contributed by atoms with E-state index in [1.54, 1.807) is 65.6 Å². The topological polar surface area (TPSA) is 90.0 Å². The van der Waals surface area contributed by atoms with Gasteiger partial charge in [-0.05, 0) is 42.3 Å². The first-order valence-electron chi connectivity index (χ1n) is 10.4. The summed E-state index contributed by atoms with van der Waals surface area (Å²) >= 11 is 0. The van der Waals surface area contributed by atoms with E-state index in [0.29, 0.717) is 29.8 Å². The van der Waals surface area contributed by atoms with Crippen LogP contribution in [0.15, 0.2) is 72.8 Å². The van der Waals surface area contributed by atoms with Gasteiger partial charge in [0.05, 0.1) is 11.3 Å². The first kappa shape index (κ1) is 19.8. The minimum absolute atomic E-state index is 0.161. The zero-order valence-corrected chi connectivity index (χ0v) is 17.2. The molecule has 0 saturated carbocycles. The molecule has 0 saturated heterocycles. The van der Waals surface area contributed by atoms with Gasteiger partial charge < -0.3 is 15.3 Å². The maximum atomic E-state index is 13.3. The van der Waals surface area contributed by atoms with Gasteiger partial charge in [-0.2, -0.15) is 0 Å². The summed E-state index contributed by atoms with van der Waals surface area (Å²) in [7, 11) is 0. The number of aromatic hydroxyl groups is 1. The monoisotopic (exact) mass is 427 g/mol.